The third kappa shape index (κ3) is 4.25. The van der Waals surface area contributed by atoms with Crippen LogP contribution < -0.4 is 9.64 Å². The number of anilines is 1. The summed E-state index contributed by atoms with van der Waals surface area (Å²) in [4.78, 5) is 26.8. The second-order valence-electron chi connectivity index (χ2n) is 6.63. The first-order valence-corrected chi connectivity index (χ1v) is 8.88. The van der Waals surface area contributed by atoms with Crippen LogP contribution in [0.4, 0.5) is 11.4 Å². The third-order valence-corrected chi connectivity index (χ3v) is 5.00. The lowest BCUT2D eigenvalue weighted by Crippen LogP contribution is -2.38. The standard InChI is InChI=1S/C20H23N3O4/c1-21(16-8-10-17(11-9-16)23(25)26)20(24)14-22-12-4-7-19(22)15-5-3-6-18(13-15)27-2/h3,5-6,8-11,13,19H,4,7,12,14H2,1-2H3. The Balaban J connectivity index is 1.69. The molecule has 0 radical (unpaired) electrons. The summed E-state index contributed by atoms with van der Waals surface area (Å²) in [5.41, 5.74) is 1.80. The van der Waals surface area contributed by atoms with E-state index in [9.17, 15) is 14.9 Å². The minimum atomic E-state index is -0.450. The van der Waals surface area contributed by atoms with Crippen molar-refractivity contribution in [3.05, 3.63) is 64.2 Å². The van der Waals surface area contributed by atoms with Gasteiger partial charge in [-0.3, -0.25) is 19.8 Å². The fourth-order valence-electron chi connectivity index (χ4n) is 3.46. The van der Waals surface area contributed by atoms with E-state index < -0.39 is 4.92 Å². The Kier molecular flexibility index (Phi) is 5.71. The molecule has 1 fully saturated rings. The van der Waals surface area contributed by atoms with E-state index in [4.69, 9.17) is 4.74 Å². The Morgan fingerprint density at radius 1 is 1.30 bits per heavy atom. The molecule has 2 aromatic carbocycles. The Morgan fingerprint density at radius 2 is 2.04 bits per heavy atom. The number of hydrogen-bond acceptors (Lipinski definition) is 5. The van der Waals surface area contributed by atoms with Crippen molar-refractivity contribution in [2.24, 2.45) is 0 Å². The number of benzene rings is 2. The highest BCUT2D eigenvalue weighted by Crippen LogP contribution is 2.33. The summed E-state index contributed by atoms with van der Waals surface area (Å²) in [7, 11) is 3.34. The van der Waals surface area contributed by atoms with Crippen LogP contribution in [0.5, 0.6) is 5.75 Å². The van der Waals surface area contributed by atoms with Crippen LogP contribution in [-0.2, 0) is 4.79 Å². The van der Waals surface area contributed by atoms with Gasteiger partial charge in [0.2, 0.25) is 5.91 Å². The number of hydrogen-bond donors (Lipinski definition) is 0. The summed E-state index contributed by atoms with van der Waals surface area (Å²) in [6.45, 7) is 1.16. The summed E-state index contributed by atoms with van der Waals surface area (Å²) < 4.78 is 5.31. The maximum Gasteiger partial charge on any atom is 0.269 e. The van der Waals surface area contributed by atoms with Gasteiger partial charge in [0.15, 0.2) is 0 Å². The SMILES string of the molecule is COc1cccc(C2CCCN2CC(=O)N(C)c2ccc([N+](=O)[O-])cc2)c1. The van der Waals surface area contributed by atoms with Crippen molar-refractivity contribution in [2.45, 2.75) is 18.9 Å². The van der Waals surface area contributed by atoms with Gasteiger partial charge in [0, 0.05) is 30.9 Å². The molecule has 142 valence electrons. The molecule has 1 unspecified atom stereocenters. The molecule has 0 aliphatic carbocycles. The van der Waals surface area contributed by atoms with Crippen molar-refractivity contribution in [2.75, 3.05) is 32.1 Å². The molecule has 2 aromatic rings. The average Bonchev–Trinajstić information content (AvgIpc) is 3.15. The number of nitro groups is 1. The zero-order valence-corrected chi connectivity index (χ0v) is 15.5. The Labute approximate surface area is 158 Å². The van der Waals surface area contributed by atoms with Crippen LogP contribution in [0.3, 0.4) is 0 Å². The fraction of sp³-hybridized carbons (Fsp3) is 0.350. The molecule has 1 aliphatic heterocycles. The molecule has 0 spiro atoms. The van der Waals surface area contributed by atoms with E-state index in [-0.39, 0.29) is 17.6 Å². The molecule has 0 bridgehead atoms. The number of amides is 1. The number of ether oxygens (including phenoxy) is 1. The molecule has 27 heavy (non-hydrogen) atoms. The van der Waals surface area contributed by atoms with Crippen molar-refractivity contribution in [1.29, 1.82) is 0 Å². The second-order valence-corrected chi connectivity index (χ2v) is 6.63. The van der Waals surface area contributed by atoms with Gasteiger partial charge in [-0.05, 0) is 49.2 Å². The van der Waals surface area contributed by atoms with Crippen molar-refractivity contribution in [1.82, 2.24) is 4.90 Å². The third-order valence-electron chi connectivity index (χ3n) is 5.00. The van der Waals surface area contributed by atoms with Gasteiger partial charge in [-0.2, -0.15) is 0 Å². The number of carbonyl (C=O) groups excluding carboxylic acids is 1. The molecule has 0 saturated carbocycles. The minimum Gasteiger partial charge on any atom is -0.497 e. The lowest BCUT2D eigenvalue weighted by atomic mass is 10.0. The van der Waals surface area contributed by atoms with Crippen molar-refractivity contribution in [3.63, 3.8) is 0 Å². The number of methoxy groups -OCH3 is 1. The number of rotatable bonds is 6. The lowest BCUT2D eigenvalue weighted by molar-refractivity contribution is -0.384. The molecule has 1 saturated heterocycles. The Morgan fingerprint density at radius 3 is 2.70 bits per heavy atom. The molecule has 0 aromatic heterocycles. The van der Waals surface area contributed by atoms with E-state index in [1.165, 1.54) is 12.1 Å². The predicted molar refractivity (Wildman–Crippen MR) is 103 cm³/mol. The Hall–Kier alpha value is -2.93. The smallest absolute Gasteiger partial charge is 0.269 e. The van der Waals surface area contributed by atoms with E-state index in [1.807, 2.05) is 18.2 Å². The maximum absolute atomic E-state index is 12.7. The number of likely N-dealkylation sites (N-methyl/N-ethyl adjacent to an activating group) is 1. The summed E-state index contributed by atoms with van der Waals surface area (Å²) in [5, 5.41) is 10.8. The zero-order chi connectivity index (χ0) is 19.4. The quantitative estimate of drug-likeness (QED) is 0.576. The van der Waals surface area contributed by atoms with E-state index in [0.29, 0.717) is 12.2 Å². The van der Waals surface area contributed by atoms with Gasteiger partial charge in [-0.15, -0.1) is 0 Å². The highest BCUT2D eigenvalue weighted by atomic mass is 16.6. The predicted octanol–water partition coefficient (Wildman–Crippen LogP) is 3.40. The van der Waals surface area contributed by atoms with Crippen molar-refractivity contribution >= 4 is 17.3 Å². The Bertz CT molecular complexity index is 822. The molecule has 3 rings (SSSR count). The number of nitro benzene ring substituents is 1. The monoisotopic (exact) mass is 369 g/mol. The average molecular weight is 369 g/mol. The van der Waals surface area contributed by atoms with Crippen LogP contribution in [0.25, 0.3) is 0 Å². The van der Waals surface area contributed by atoms with Crippen LogP contribution in [0.15, 0.2) is 48.5 Å². The van der Waals surface area contributed by atoms with Crippen LogP contribution in [0.1, 0.15) is 24.4 Å². The molecule has 0 N–H and O–H groups in total. The number of non-ortho nitro benzene ring substituents is 1. The van der Waals surface area contributed by atoms with Gasteiger partial charge in [0.25, 0.3) is 5.69 Å². The summed E-state index contributed by atoms with van der Waals surface area (Å²) >= 11 is 0. The normalized spacial score (nSPS) is 16.9. The number of likely N-dealkylation sites (tertiary alicyclic amines) is 1. The van der Waals surface area contributed by atoms with Crippen molar-refractivity contribution < 1.29 is 14.5 Å². The largest absolute Gasteiger partial charge is 0.497 e. The molecule has 1 atom stereocenters. The van der Waals surface area contributed by atoms with Crippen LogP contribution in [0.2, 0.25) is 0 Å². The first-order chi connectivity index (χ1) is 13.0. The van der Waals surface area contributed by atoms with Crippen LogP contribution in [-0.4, -0.2) is 43.0 Å². The molecular weight excluding hydrogens is 346 g/mol. The van der Waals surface area contributed by atoms with E-state index in [2.05, 4.69) is 11.0 Å². The van der Waals surface area contributed by atoms with E-state index >= 15 is 0 Å². The number of nitrogens with zero attached hydrogens (tertiary/aromatic N) is 3. The molecular formula is C20H23N3O4. The zero-order valence-electron chi connectivity index (χ0n) is 15.5. The summed E-state index contributed by atoms with van der Waals surface area (Å²) in [6.07, 6.45) is 2.04. The molecule has 1 heterocycles. The molecule has 1 aliphatic rings. The van der Waals surface area contributed by atoms with Gasteiger partial charge >= 0.3 is 0 Å². The highest BCUT2D eigenvalue weighted by Gasteiger charge is 2.29. The molecule has 7 heteroatoms. The number of carbonyl (C=O) groups is 1. The van der Waals surface area contributed by atoms with Gasteiger partial charge in [-0.1, -0.05) is 12.1 Å². The highest BCUT2D eigenvalue weighted by molar-refractivity contribution is 5.94. The topological polar surface area (TPSA) is 75.9 Å². The van der Waals surface area contributed by atoms with Gasteiger partial charge in [0.1, 0.15) is 5.75 Å². The first kappa shape index (κ1) is 18.8. The van der Waals surface area contributed by atoms with Crippen molar-refractivity contribution in [3.8, 4) is 5.75 Å². The summed E-state index contributed by atoms with van der Waals surface area (Å²) in [5.74, 6) is 0.771. The van der Waals surface area contributed by atoms with Crippen LogP contribution >= 0.6 is 0 Å². The second kappa shape index (κ2) is 8.18. The molecule has 1 amide bonds. The van der Waals surface area contributed by atoms with E-state index in [1.54, 1.807) is 31.2 Å². The van der Waals surface area contributed by atoms with Gasteiger partial charge < -0.3 is 9.64 Å². The van der Waals surface area contributed by atoms with Crippen LogP contribution in [0, 0.1) is 10.1 Å². The maximum atomic E-state index is 12.7. The fourth-order valence-corrected chi connectivity index (χ4v) is 3.46. The molecule has 7 nitrogen and oxygen atoms in total. The lowest BCUT2D eigenvalue weighted by Gasteiger charge is -2.27. The summed E-state index contributed by atoms with van der Waals surface area (Å²) in [6, 6.07) is 14.2. The van der Waals surface area contributed by atoms with Gasteiger partial charge in [0.05, 0.1) is 18.6 Å². The minimum absolute atomic E-state index is 0.0113. The first-order valence-electron chi connectivity index (χ1n) is 8.88. The van der Waals surface area contributed by atoms with Gasteiger partial charge in [-0.25, -0.2) is 0 Å². The van der Waals surface area contributed by atoms with E-state index in [0.717, 1.165) is 30.7 Å².